The number of morpholine rings is 1. The van der Waals surface area contributed by atoms with Crippen LogP contribution in [-0.4, -0.2) is 42.8 Å². The van der Waals surface area contributed by atoms with Crippen LogP contribution in [0.15, 0.2) is 0 Å². The molecule has 2 bridgehead atoms. The van der Waals surface area contributed by atoms with Crippen LogP contribution in [0.2, 0.25) is 0 Å². The molecule has 1 heterocycles. The van der Waals surface area contributed by atoms with Crippen molar-refractivity contribution in [2.45, 2.75) is 44.8 Å². The minimum atomic E-state index is -4.26. The van der Waals surface area contributed by atoms with Gasteiger partial charge in [0.1, 0.15) is 0 Å². The van der Waals surface area contributed by atoms with Crippen molar-refractivity contribution in [1.82, 2.24) is 4.90 Å². The number of amides is 1. The fourth-order valence-corrected chi connectivity index (χ4v) is 4.52. The van der Waals surface area contributed by atoms with E-state index in [0.29, 0.717) is 32.6 Å². The van der Waals surface area contributed by atoms with Gasteiger partial charge in [0, 0.05) is 6.54 Å². The molecular formula is C15H22F3NO2. The number of carbonyl (C=O) groups is 1. The molecule has 0 radical (unpaired) electrons. The molecule has 6 heteroatoms. The molecule has 0 aromatic carbocycles. The van der Waals surface area contributed by atoms with Crippen LogP contribution in [0.25, 0.3) is 0 Å². The summed E-state index contributed by atoms with van der Waals surface area (Å²) < 4.78 is 45.7. The van der Waals surface area contributed by atoms with Gasteiger partial charge in [-0.3, -0.25) is 4.79 Å². The van der Waals surface area contributed by atoms with Crippen LogP contribution in [0, 0.1) is 23.7 Å². The average molecular weight is 305 g/mol. The Morgan fingerprint density at radius 3 is 2.33 bits per heavy atom. The molecule has 4 aliphatic rings. The largest absolute Gasteiger partial charge is 0.392 e. The number of halogens is 3. The lowest BCUT2D eigenvalue weighted by molar-refractivity contribution is -0.232. The summed E-state index contributed by atoms with van der Waals surface area (Å²) in [6.45, 7) is 3.11. The van der Waals surface area contributed by atoms with Gasteiger partial charge in [0.2, 0.25) is 5.91 Å². The van der Waals surface area contributed by atoms with E-state index in [-0.39, 0.29) is 23.8 Å². The maximum atomic E-state index is 13.5. The van der Waals surface area contributed by atoms with E-state index in [1.54, 1.807) is 4.90 Å². The summed E-state index contributed by atoms with van der Waals surface area (Å²) >= 11 is 0. The van der Waals surface area contributed by atoms with Crippen molar-refractivity contribution in [2.75, 3.05) is 19.8 Å². The van der Waals surface area contributed by atoms with Gasteiger partial charge in [-0.15, -0.1) is 0 Å². The number of ether oxygens (including phenoxy) is 1. The van der Waals surface area contributed by atoms with Crippen LogP contribution in [0.3, 0.4) is 0 Å². The number of hydrogen-bond acceptors (Lipinski definition) is 2. The third kappa shape index (κ3) is 2.67. The zero-order valence-corrected chi connectivity index (χ0v) is 12.2. The van der Waals surface area contributed by atoms with Crippen LogP contribution in [0.5, 0.6) is 0 Å². The second-order valence-electron chi connectivity index (χ2n) is 6.72. The summed E-state index contributed by atoms with van der Waals surface area (Å²) in [5.41, 5.74) is 0. The predicted molar refractivity (Wildman–Crippen MR) is 70.5 cm³/mol. The topological polar surface area (TPSA) is 29.5 Å². The number of carbonyl (C=O) groups excluding carboxylic acids is 1. The molecule has 3 saturated carbocycles. The highest BCUT2D eigenvalue weighted by Crippen LogP contribution is 2.55. The van der Waals surface area contributed by atoms with Crippen molar-refractivity contribution in [3.63, 3.8) is 0 Å². The maximum Gasteiger partial charge on any atom is 0.392 e. The first-order valence-corrected chi connectivity index (χ1v) is 7.84. The molecule has 120 valence electrons. The fourth-order valence-electron chi connectivity index (χ4n) is 4.52. The molecule has 21 heavy (non-hydrogen) atoms. The summed E-state index contributed by atoms with van der Waals surface area (Å²) in [7, 11) is 0. The van der Waals surface area contributed by atoms with E-state index in [9.17, 15) is 18.0 Å². The fraction of sp³-hybridized carbons (Fsp3) is 0.933. The van der Waals surface area contributed by atoms with Gasteiger partial charge in [-0.25, -0.2) is 0 Å². The normalized spacial score (nSPS) is 40.4. The van der Waals surface area contributed by atoms with E-state index in [1.165, 1.54) is 0 Å². The van der Waals surface area contributed by atoms with Crippen molar-refractivity contribution in [3.05, 3.63) is 0 Å². The standard InChI is InChI=1S/C15H22F3NO2/c1-9-8-21-7-6-19(9)14(20)12-10-2-4-11(5-3-10)13(12)15(16,17)18/h9-13H,2-8H2,1H3/t9-,10?,11?,12+,13+/m1/s1. The van der Waals surface area contributed by atoms with Crippen LogP contribution in [0.4, 0.5) is 13.2 Å². The number of hydrogen-bond donors (Lipinski definition) is 0. The van der Waals surface area contributed by atoms with Gasteiger partial charge >= 0.3 is 6.18 Å². The Hall–Kier alpha value is -0.780. The SMILES string of the molecule is C[C@@H]1COCCN1C(=O)[C@H]1C2CCC(CC2)[C@@H]1C(F)(F)F. The van der Waals surface area contributed by atoms with E-state index >= 15 is 0 Å². The van der Waals surface area contributed by atoms with E-state index < -0.39 is 18.0 Å². The Morgan fingerprint density at radius 1 is 1.14 bits per heavy atom. The Balaban J connectivity index is 1.85. The van der Waals surface area contributed by atoms with Gasteiger partial charge in [0.15, 0.2) is 0 Å². The first-order chi connectivity index (χ1) is 9.89. The second kappa shape index (κ2) is 5.45. The highest BCUT2D eigenvalue weighted by atomic mass is 19.4. The molecule has 0 aromatic rings. The lowest BCUT2D eigenvalue weighted by Gasteiger charge is -2.50. The lowest BCUT2D eigenvalue weighted by Crippen LogP contribution is -2.57. The molecule has 0 unspecified atom stereocenters. The van der Waals surface area contributed by atoms with Crippen molar-refractivity contribution in [3.8, 4) is 0 Å². The molecule has 1 aliphatic heterocycles. The molecule has 0 spiro atoms. The minimum absolute atomic E-state index is 0.0934. The van der Waals surface area contributed by atoms with Crippen molar-refractivity contribution >= 4 is 5.91 Å². The van der Waals surface area contributed by atoms with Gasteiger partial charge in [-0.2, -0.15) is 13.2 Å². The second-order valence-corrected chi connectivity index (χ2v) is 6.72. The van der Waals surface area contributed by atoms with Crippen molar-refractivity contribution in [1.29, 1.82) is 0 Å². The maximum absolute atomic E-state index is 13.5. The quantitative estimate of drug-likeness (QED) is 0.745. The van der Waals surface area contributed by atoms with Gasteiger partial charge < -0.3 is 9.64 Å². The van der Waals surface area contributed by atoms with E-state index in [0.717, 1.165) is 12.8 Å². The predicted octanol–water partition coefficient (Wildman–Crippen LogP) is 2.85. The average Bonchev–Trinajstić information content (AvgIpc) is 2.46. The first kappa shape index (κ1) is 15.1. The van der Waals surface area contributed by atoms with Crippen LogP contribution in [-0.2, 0) is 9.53 Å². The molecule has 0 N–H and O–H groups in total. The minimum Gasteiger partial charge on any atom is -0.377 e. The van der Waals surface area contributed by atoms with Crippen LogP contribution < -0.4 is 0 Å². The monoisotopic (exact) mass is 305 g/mol. The van der Waals surface area contributed by atoms with Gasteiger partial charge in [0.25, 0.3) is 0 Å². The molecule has 1 amide bonds. The van der Waals surface area contributed by atoms with Crippen molar-refractivity contribution in [2.24, 2.45) is 23.7 Å². The number of fused-ring (bicyclic) bond motifs is 3. The first-order valence-electron chi connectivity index (χ1n) is 7.84. The summed E-state index contributed by atoms with van der Waals surface area (Å²) in [6.07, 6.45) is -1.48. The van der Waals surface area contributed by atoms with Crippen LogP contribution in [0.1, 0.15) is 32.6 Å². The molecule has 4 rings (SSSR count). The van der Waals surface area contributed by atoms with Crippen LogP contribution >= 0.6 is 0 Å². The summed E-state index contributed by atoms with van der Waals surface area (Å²) in [5, 5.41) is 0. The molecule has 4 fully saturated rings. The Kier molecular flexibility index (Phi) is 3.93. The smallest absolute Gasteiger partial charge is 0.377 e. The molecule has 1 saturated heterocycles. The molecule has 3 atom stereocenters. The molecule has 0 aromatic heterocycles. The Morgan fingerprint density at radius 2 is 1.76 bits per heavy atom. The number of nitrogens with zero attached hydrogens (tertiary/aromatic N) is 1. The zero-order valence-electron chi connectivity index (χ0n) is 12.2. The number of rotatable bonds is 1. The number of alkyl halides is 3. The van der Waals surface area contributed by atoms with E-state index in [1.807, 2.05) is 6.92 Å². The molecule has 3 nitrogen and oxygen atoms in total. The Labute approximate surface area is 122 Å². The summed E-state index contributed by atoms with van der Waals surface area (Å²) in [4.78, 5) is 14.4. The van der Waals surface area contributed by atoms with Gasteiger partial charge in [-0.05, 0) is 44.4 Å². The lowest BCUT2D eigenvalue weighted by atomic mass is 9.58. The summed E-state index contributed by atoms with van der Waals surface area (Å²) in [5.74, 6) is -3.04. The highest BCUT2D eigenvalue weighted by molar-refractivity contribution is 5.80. The third-order valence-electron chi connectivity index (χ3n) is 5.53. The zero-order chi connectivity index (χ0) is 15.2. The van der Waals surface area contributed by atoms with Crippen molar-refractivity contribution < 1.29 is 22.7 Å². The molecule has 3 aliphatic carbocycles. The summed E-state index contributed by atoms with van der Waals surface area (Å²) in [6, 6.07) is -0.124. The van der Waals surface area contributed by atoms with E-state index in [2.05, 4.69) is 0 Å². The van der Waals surface area contributed by atoms with E-state index in [4.69, 9.17) is 4.74 Å². The molecular weight excluding hydrogens is 283 g/mol. The third-order valence-corrected chi connectivity index (χ3v) is 5.53. The Bertz CT molecular complexity index is 404. The highest BCUT2D eigenvalue weighted by Gasteiger charge is 2.58. The van der Waals surface area contributed by atoms with Gasteiger partial charge in [0.05, 0.1) is 31.1 Å². The van der Waals surface area contributed by atoms with Gasteiger partial charge in [-0.1, -0.05) is 0 Å².